The van der Waals surface area contributed by atoms with Crippen molar-refractivity contribution in [3.63, 3.8) is 0 Å². The summed E-state index contributed by atoms with van der Waals surface area (Å²) in [4.78, 5) is 32.3. The highest BCUT2D eigenvalue weighted by atomic mass is 32.2. The Morgan fingerprint density at radius 2 is 2.00 bits per heavy atom. The van der Waals surface area contributed by atoms with Gasteiger partial charge in [-0.2, -0.15) is 0 Å². The van der Waals surface area contributed by atoms with Gasteiger partial charge in [-0.05, 0) is 50.1 Å². The molecule has 160 valence electrons. The number of hydrogen-bond acceptors (Lipinski definition) is 6. The van der Waals surface area contributed by atoms with Crippen molar-refractivity contribution >= 4 is 34.5 Å². The number of allylic oxidation sites excluding steroid dienone is 1. The molecule has 4 rings (SSSR count). The average Bonchev–Trinajstić information content (AvgIpc) is 2.79. The minimum atomic E-state index is -0.345. The van der Waals surface area contributed by atoms with Gasteiger partial charge in [0.05, 0.1) is 23.9 Å². The molecule has 2 aromatic carbocycles. The van der Waals surface area contributed by atoms with E-state index in [1.54, 1.807) is 30.8 Å². The summed E-state index contributed by atoms with van der Waals surface area (Å²) in [6.45, 7) is 4.78. The molecule has 0 aromatic heterocycles. The van der Waals surface area contributed by atoms with Crippen molar-refractivity contribution in [2.24, 2.45) is 4.99 Å². The van der Waals surface area contributed by atoms with E-state index in [1.165, 1.54) is 0 Å². The Morgan fingerprint density at radius 1 is 1.19 bits per heavy atom. The molecule has 2 aromatic rings. The molecule has 1 saturated heterocycles. The third kappa shape index (κ3) is 4.51. The van der Waals surface area contributed by atoms with Gasteiger partial charge in [-0.25, -0.2) is 9.79 Å². The summed E-state index contributed by atoms with van der Waals surface area (Å²) in [5.41, 5.74) is 3.43. The van der Waals surface area contributed by atoms with E-state index in [2.05, 4.69) is 15.2 Å². The van der Waals surface area contributed by atoms with Crippen molar-refractivity contribution in [2.45, 2.75) is 26.3 Å². The zero-order chi connectivity index (χ0) is 21.8. The van der Waals surface area contributed by atoms with Crippen LogP contribution in [0.25, 0.3) is 0 Å². The topological polar surface area (TPSA) is 71.0 Å². The van der Waals surface area contributed by atoms with Crippen LogP contribution >= 0.6 is 11.8 Å². The minimum Gasteiger partial charge on any atom is -0.463 e. The van der Waals surface area contributed by atoms with Crippen LogP contribution in [-0.4, -0.2) is 40.8 Å². The Kier molecular flexibility index (Phi) is 6.42. The standard InChI is InChI=1S/C24H25N3O3S/c1-3-30-23(29)20-16(2)25-24-27(13-8-14-31-24)21(20)18-11-7-12-19(15-18)26-22(28)17-9-5-4-6-10-17/h4-7,9-12,15,21H,3,8,13-14H2,1-2H3,(H,26,28)/t21-/m1/s1. The first-order chi connectivity index (χ1) is 15.1. The van der Waals surface area contributed by atoms with E-state index in [1.807, 2.05) is 49.4 Å². The van der Waals surface area contributed by atoms with E-state index in [4.69, 9.17) is 4.74 Å². The van der Waals surface area contributed by atoms with Crippen LogP contribution in [0.3, 0.4) is 0 Å². The molecule has 0 unspecified atom stereocenters. The molecule has 31 heavy (non-hydrogen) atoms. The normalized spacial score (nSPS) is 18.2. The molecular formula is C24H25N3O3S. The predicted octanol–water partition coefficient (Wildman–Crippen LogP) is 4.63. The van der Waals surface area contributed by atoms with E-state index in [-0.39, 0.29) is 17.9 Å². The largest absolute Gasteiger partial charge is 0.463 e. The average molecular weight is 436 g/mol. The zero-order valence-corrected chi connectivity index (χ0v) is 18.4. The van der Waals surface area contributed by atoms with Gasteiger partial charge in [-0.3, -0.25) is 4.79 Å². The fourth-order valence-corrected chi connectivity index (χ4v) is 4.88. The lowest BCUT2D eigenvalue weighted by Crippen LogP contribution is -2.42. The molecule has 1 N–H and O–H groups in total. The smallest absolute Gasteiger partial charge is 0.338 e. The maximum Gasteiger partial charge on any atom is 0.338 e. The fourth-order valence-electron chi connectivity index (χ4n) is 3.86. The highest BCUT2D eigenvalue weighted by Crippen LogP contribution is 2.40. The highest BCUT2D eigenvalue weighted by Gasteiger charge is 2.37. The lowest BCUT2D eigenvalue weighted by molar-refractivity contribution is -0.139. The molecule has 2 aliphatic rings. The van der Waals surface area contributed by atoms with E-state index < -0.39 is 0 Å². The van der Waals surface area contributed by atoms with Gasteiger partial charge in [0.25, 0.3) is 5.91 Å². The number of amidine groups is 1. The van der Waals surface area contributed by atoms with Gasteiger partial charge in [0.2, 0.25) is 0 Å². The van der Waals surface area contributed by atoms with E-state index in [0.29, 0.717) is 29.1 Å². The lowest BCUT2D eigenvalue weighted by atomic mass is 9.94. The van der Waals surface area contributed by atoms with Crippen LogP contribution in [0.5, 0.6) is 0 Å². The first-order valence-electron chi connectivity index (χ1n) is 10.4. The van der Waals surface area contributed by atoms with E-state index in [0.717, 1.165) is 29.4 Å². The molecule has 2 heterocycles. The number of thioether (sulfide) groups is 1. The molecule has 1 atom stereocenters. The fraction of sp³-hybridized carbons (Fsp3) is 0.292. The van der Waals surface area contributed by atoms with Crippen molar-refractivity contribution in [1.29, 1.82) is 0 Å². The number of nitrogens with zero attached hydrogens (tertiary/aromatic N) is 2. The van der Waals surface area contributed by atoms with E-state index in [9.17, 15) is 9.59 Å². The molecule has 1 amide bonds. The lowest BCUT2D eigenvalue weighted by Gasteiger charge is -2.40. The number of benzene rings is 2. The van der Waals surface area contributed by atoms with Crippen molar-refractivity contribution in [1.82, 2.24) is 4.90 Å². The van der Waals surface area contributed by atoms with Gasteiger partial charge >= 0.3 is 5.97 Å². The summed E-state index contributed by atoms with van der Waals surface area (Å²) < 4.78 is 5.37. The Balaban J connectivity index is 1.69. The van der Waals surface area contributed by atoms with Gasteiger partial charge in [0.1, 0.15) is 0 Å². The SMILES string of the molecule is CCOC(=O)C1=C(C)N=C2SCCCN2[C@@H]1c1cccc(NC(=O)c2ccccc2)c1. The van der Waals surface area contributed by atoms with E-state index >= 15 is 0 Å². The summed E-state index contributed by atoms with van der Waals surface area (Å²) in [5.74, 6) is 0.494. The molecule has 0 radical (unpaired) electrons. The molecule has 0 aliphatic carbocycles. The zero-order valence-electron chi connectivity index (χ0n) is 17.6. The molecule has 0 spiro atoms. The Hall–Kier alpha value is -3.06. The summed E-state index contributed by atoms with van der Waals surface area (Å²) >= 11 is 1.71. The van der Waals surface area contributed by atoms with Crippen molar-refractivity contribution in [2.75, 3.05) is 24.2 Å². The number of esters is 1. The number of anilines is 1. The van der Waals surface area contributed by atoms with Crippen LogP contribution in [0, 0.1) is 0 Å². The number of carbonyl (C=O) groups is 2. The quantitative estimate of drug-likeness (QED) is 0.694. The van der Waals surface area contributed by atoms with Gasteiger partial charge in [0, 0.05) is 23.5 Å². The first kappa shape index (κ1) is 21.2. The number of amides is 1. The van der Waals surface area contributed by atoms with Crippen molar-refractivity contribution < 1.29 is 14.3 Å². The molecule has 2 aliphatic heterocycles. The molecular weight excluding hydrogens is 410 g/mol. The van der Waals surface area contributed by atoms with Crippen LogP contribution in [0.2, 0.25) is 0 Å². The number of carbonyl (C=O) groups excluding carboxylic acids is 2. The van der Waals surface area contributed by atoms with Crippen LogP contribution in [-0.2, 0) is 9.53 Å². The number of nitrogens with one attached hydrogen (secondary N) is 1. The number of ether oxygens (including phenoxy) is 1. The van der Waals surface area contributed by atoms with Gasteiger partial charge in [-0.15, -0.1) is 0 Å². The second-order valence-electron chi connectivity index (χ2n) is 7.36. The molecule has 1 fully saturated rings. The maximum absolute atomic E-state index is 12.9. The predicted molar refractivity (Wildman–Crippen MR) is 124 cm³/mol. The minimum absolute atomic E-state index is 0.172. The van der Waals surface area contributed by atoms with Gasteiger partial charge < -0.3 is 15.0 Å². The molecule has 0 saturated carbocycles. The number of hydrogen-bond donors (Lipinski definition) is 1. The Morgan fingerprint density at radius 3 is 2.77 bits per heavy atom. The third-order valence-corrected chi connectivity index (χ3v) is 6.33. The number of fused-ring (bicyclic) bond motifs is 1. The highest BCUT2D eigenvalue weighted by molar-refractivity contribution is 8.13. The first-order valence-corrected chi connectivity index (χ1v) is 11.4. The second-order valence-corrected chi connectivity index (χ2v) is 8.42. The summed E-state index contributed by atoms with van der Waals surface area (Å²) in [5, 5.41) is 3.90. The molecule has 7 heteroatoms. The second kappa shape index (κ2) is 9.39. The maximum atomic E-state index is 12.9. The van der Waals surface area contributed by atoms with Crippen molar-refractivity contribution in [3.05, 3.63) is 77.0 Å². The summed E-state index contributed by atoms with van der Waals surface area (Å²) in [6, 6.07) is 16.5. The van der Waals surface area contributed by atoms with Crippen LogP contribution in [0.15, 0.2) is 70.9 Å². The van der Waals surface area contributed by atoms with Crippen LogP contribution in [0.1, 0.15) is 42.2 Å². The number of aliphatic imine (C=N–C) groups is 1. The van der Waals surface area contributed by atoms with Crippen LogP contribution in [0.4, 0.5) is 5.69 Å². The summed E-state index contributed by atoms with van der Waals surface area (Å²) in [7, 11) is 0. The molecule has 0 bridgehead atoms. The summed E-state index contributed by atoms with van der Waals surface area (Å²) in [6.07, 6.45) is 1.01. The Labute approximate surface area is 186 Å². The van der Waals surface area contributed by atoms with Crippen molar-refractivity contribution in [3.8, 4) is 0 Å². The van der Waals surface area contributed by atoms with Gasteiger partial charge in [-0.1, -0.05) is 42.1 Å². The Bertz CT molecular complexity index is 1050. The van der Waals surface area contributed by atoms with Gasteiger partial charge in [0.15, 0.2) is 5.17 Å². The number of rotatable bonds is 5. The van der Waals surface area contributed by atoms with Crippen LogP contribution < -0.4 is 5.32 Å². The third-order valence-electron chi connectivity index (χ3n) is 5.25. The monoisotopic (exact) mass is 435 g/mol. The molecule has 6 nitrogen and oxygen atoms in total.